The fraction of sp³-hybridized carbons (Fsp3) is 0.0909. The molecule has 2 aromatic rings. The zero-order valence-corrected chi connectivity index (χ0v) is 7.74. The lowest BCUT2D eigenvalue weighted by Crippen LogP contribution is -1.90. The van der Waals surface area contributed by atoms with Crippen molar-refractivity contribution in [3.63, 3.8) is 0 Å². The molecule has 0 fully saturated rings. The maximum absolute atomic E-state index is 13.3. The molecule has 2 aromatic heterocycles. The summed E-state index contributed by atoms with van der Waals surface area (Å²) >= 11 is 0. The van der Waals surface area contributed by atoms with Gasteiger partial charge >= 0.3 is 0 Å². The molecule has 0 saturated carbocycles. The van der Waals surface area contributed by atoms with Crippen LogP contribution in [0, 0.1) is 12.7 Å². The van der Waals surface area contributed by atoms with Crippen LogP contribution in [0.15, 0.2) is 36.7 Å². The van der Waals surface area contributed by atoms with Crippen molar-refractivity contribution < 1.29 is 4.39 Å². The van der Waals surface area contributed by atoms with Crippen molar-refractivity contribution in [1.82, 2.24) is 9.97 Å². The molecule has 2 nitrogen and oxygen atoms in total. The Morgan fingerprint density at radius 1 is 1.14 bits per heavy atom. The number of halogens is 1. The molecule has 0 radical (unpaired) electrons. The number of hydrogen-bond donors (Lipinski definition) is 0. The maximum Gasteiger partial charge on any atom is 0.151 e. The number of nitrogens with zero attached hydrogens (tertiary/aromatic N) is 2. The predicted octanol–water partition coefficient (Wildman–Crippen LogP) is 2.59. The Balaban J connectivity index is 2.50. The smallest absolute Gasteiger partial charge is 0.151 e. The highest BCUT2D eigenvalue weighted by molar-refractivity contribution is 5.54. The summed E-state index contributed by atoms with van der Waals surface area (Å²) in [5.74, 6) is -0.344. The van der Waals surface area contributed by atoms with Crippen molar-refractivity contribution in [3.8, 4) is 11.4 Å². The molecule has 0 aliphatic rings. The average molecular weight is 188 g/mol. The van der Waals surface area contributed by atoms with E-state index in [1.165, 1.54) is 6.07 Å². The van der Waals surface area contributed by atoms with Crippen LogP contribution in [0.4, 0.5) is 4.39 Å². The molecule has 2 heterocycles. The summed E-state index contributed by atoms with van der Waals surface area (Å²) in [7, 11) is 0. The number of aromatic nitrogens is 2. The largest absolute Gasteiger partial charge is 0.254 e. The highest BCUT2D eigenvalue weighted by Gasteiger charge is 2.05. The van der Waals surface area contributed by atoms with Crippen LogP contribution in [0.5, 0.6) is 0 Å². The number of hydrogen-bond acceptors (Lipinski definition) is 2. The minimum Gasteiger partial charge on any atom is -0.254 e. The molecular formula is C11H9FN2. The SMILES string of the molecule is Cc1ccc(-c2ncccc2F)nc1. The molecule has 0 amide bonds. The molecule has 0 spiro atoms. The van der Waals surface area contributed by atoms with Gasteiger partial charge in [-0.25, -0.2) is 4.39 Å². The van der Waals surface area contributed by atoms with E-state index in [0.717, 1.165) is 5.56 Å². The quantitative estimate of drug-likeness (QED) is 0.687. The summed E-state index contributed by atoms with van der Waals surface area (Å²) in [5.41, 5.74) is 1.91. The van der Waals surface area contributed by atoms with Crippen LogP contribution in [-0.2, 0) is 0 Å². The van der Waals surface area contributed by atoms with Crippen molar-refractivity contribution >= 4 is 0 Å². The molecule has 3 heteroatoms. The minimum atomic E-state index is -0.344. The zero-order valence-electron chi connectivity index (χ0n) is 7.74. The van der Waals surface area contributed by atoms with Gasteiger partial charge in [0.1, 0.15) is 5.69 Å². The second kappa shape index (κ2) is 3.54. The Kier molecular flexibility index (Phi) is 2.23. The lowest BCUT2D eigenvalue weighted by Gasteiger charge is -2.00. The topological polar surface area (TPSA) is 25.8 Å². The third kappa shape index (κ3) is 1.62. The van der Waals surface area contributed by atoms with E-state index in [-0.39, 0.29) is 5.82 Å². The van der Waals surface area contributed by atoms with Gasteiger partial charge in [0.25, 0.3) is 0 Å². The number of rotatable bonds is 1. The van der Waals surface area contributed by atoms with Crippen LogP contribution in [0.1, 0.15) is 5.56 Å². The Morgan fingerprint density at radius 3 is 2.64 bits per heavy atom. The molecule has 14 heavy (non-hydrogen) atoms. The first kappa shape index (κ1) is 8.81. The summed E-state index contributed by atoms with van der Waals surface area (Å²) in [5, 5.41) is 0. The molecule has 0 unspecified atom stereocenters. The first-order chi connectivity index (χ1) is 6.77. The van der Waals surface area contributed by atoms with Crippen molar-refractivity contribution in [3.05, 3.63) is 48.0 Å². The van der Waals surface area contributed by atoms with Crippen LogP contribution in [0.3, 0.4) is 0 Å². The van der Waals surface area contributed by atoms with Gasteiger partial charge < -0.3 is 0 Å². The van der Waals surface area contributed by atoms with Gasteiger partial charge in [-0.1, -0.05) is 6.07 Å². The summed E-state index contributed by atoms with van der Waals surface area (Å²) in [6.07, 6.45) is 3.25. The Labute approximate surface area is 81.5 Å². The normalized spacial score (nSPS) is 10.1. The number of aryl methyl sites for hydroxylation is 1. The van der Waals surface area contributed by atoms with Crippen LogP contribution >= 0.6 is 0 Å². The van der Waals surface area contributed by atoms with Gasteiger partial charge in [0, 0.05) is 12.4 Å². The molecule has 0 aliphatic carbocycles. The third-order valence-corrected chi connectivity index (χ3v) is 1.91. The number of pyridine rings is 2. The predicted molar refractivity (Wildman–Crippen MR) is 52.2 cm³/mol. The first-order valence-corrected chi connectivity index (χ1v) is 4.31. The fourth-order valence-corrected chi connectivity index (χ4v) is 1.18. The van der Waals surface area contributed by atoms with Gasteiger partial charge in [0.2, 0.25) is 0 Å². The van der Waals surface area contributed by atoms with E-state index in [4.69, 9.17) is 0 Å². The Morgan fingerprint density at radius 2 is 2.00 bits per heavy atom. The van der Waals surface area contributed by atoms with E-state index in [0.29, 0.717) is 11.4 Å². The second-order valence-electron chi connectivity index (χ2n) is 3.05. The van der Waals surface area contributed by atoms with E-state index < -0.39 is 0 Å². The van der Waals surface area contributed by atoms with E-state index in [1.807, 2.05) is 13.0 Å². The minimum absolute atomic E-state index is 0.299. The first-order valence-electron chi connectivity index (χ1n) is 4.31. The van der Waals surface area contributed by atoms with Gasteiger partial charge in [-0.2, -0.15) is 0 Å². The van der Waals surface area contributed by atoms with Crippen LogP contribution < -0.4 is 0 Å². The van der Waals surface area contributed by atoms with Crippen molar-refractivity contribution in [2.24, 2.45) is 0 Å². The molecule has 0 aromatic carbocycles. The van der Waals surface area contributed by atoms with Gasteiger partial charge in [-0.15, -0.1) is 0 Å². The van der Waals surface area contributed by atoms with E-state index >= 15 is 0 Å². The molecule has 70 valence electrons. The molecule has 0 bridgehead atoms. The van der Waals surface area contributed by atoms with E-state index in [1.54, 1.807) is 24.5 Å². The van der Waals surface area contributed by atoms with Crippen molar-refractivity contribution in [2.45, 2.75) is 6.92 Å². The lowest BCUT2D eigenvalue weighted by atomic mass is 10.2. The second-order valence-corrected chi connectivity index (χ2v) is 3.05. The monoisotopic (exact) mass is 188 g/mol. The molecule has 0 aliphatic heterocycles. The molecule has 0 N–H and O–H groups in total. The standard InChI is InChI=1S/C11H9FN2/c1-8-4-5-10(14-7-8)11-9(12)3-2-6-13-11/h2-7H,1H3. The van der Waals surface area contributed by atoms with Gasteiger partial charge in [0.05, 0.1) is 5.69 Å². The maximum atomic E-state index is 13.3. The average Bonchev–Trinajstić information content (AvgIpc) is 2.20. The Bertz CT molecular complexity index is 437. The third-order valence-electron chi connectivity index (χ3n) is 1.91. The van der Waals surface area contributed by atoms with Gasteiger partial charge in [0.15, 0.2) is 5.82 Å². The van der Waals surface area contributed by atoms with Crippen LogP contribution in [0.2, 0.25) is 0 Å². The van der Waals surface area contributed by atoms with E-state index in [9.17, 15) is 4.39 Å². The summed E-state index contributed by atoms with van der Waals surface area (Å²) in [6.45, 7) is 1.94. The lowest BCUT2D eigenvalue weighted by molar-refractivity contribution is 0.625. The van der Waals surface area contributed by atoms with Crippen LogP contribution in [-0.4, -0.2) is 9.97 Å². The molecular weight excluding hydrogens is 179 g/mol. The molecule has 0 saturated heterocycles. The van der Waals surface area contributed by atoms with E-state index in [2.05, 4.69) is 9.97 Å². The fourth-order valence-electron chi connectivity index (χ4n) is 1.18. The molecule has 0 atom stereocenters. The van der Waals surface area contributed by atoms with Gasteiger partial charge in [-0.05, 0) is 30.7 Å². The zero-order chi connectivity index (χ0) is 9.97. The summed E-state index contributed by atoms with van der Waals surface area (Å²) < 4.78 is 13.3. The van der Waals surface area contributed by atoms with Gasteiger partial charge in [-0.3, -0.25) is 9.97 Å². The summed E-state index contributed by atoms with van der Waals surface area (Å²) in [4.78, 5) is 8.05. The highest BCUT2D eigenvalue weighted by atomic mass is 19.1. The van der Waals surface area contributed by atoms with Crippen LogP contribution in [0.25, 0.3) is 11.4 Å². The summed E-state index contributed by atoms with van der Waals surface area (Å²) in [6, 6.07) is 6.59. The highest BCUT2D eigenvalue weighted by Crippen LogP contribution is 2.16. The Hall–Kier alpha value is -1.77. The van der Waals surface area contributed by atoms with Crippen molar-refractivity contribution in [2.75, 3.05) is 0 Å². The van der Waals surface area contributed by atoms with Crippen molar-refractivity contribution in [1.29, 1.82) is 0 Å². The molecule has 2 rings (SSSR count).